The van der Waals surface area contributed by atoms with Gasteiger partial charge in [-0.25, -0.2) is 13.1 Å². The molecule has 5 heteroatoms. The molecule has 1 N–H and O–H groups in total. The van der Waals surface area contributed by atoms with Crippen LogP contribution in [0, 0.1) is 12.3 Å². The van der Waals surface area contributed by atoms with E-state index in [0.29, 0.717) is 12.0 Å². The van der Waals surface area contributed by atoms with Crippen molar-refractivity contribution in [1.82, 2.24) is 4.72 Å². The fourth-order valence-electron chi connectivity index (χ4n) is 1.43. The molecule has 1 atom stereocenters. The van der Waals surface area contributed by atoms with E-state index in [1.807, 2.05) is 0 Å². The summed E-state index contributed by atoms with van der Waals surface area (Å²) in [5, 5.41) is 0. The maximum absolute atomic E-state index is 12.0. The Morgan fingerprint density at radius 2 is 2.17 bits per heavy atom. The predicted octanol–water partition coefficient (Wildman–Crippen LogP) is 1.58. The number of carbonyl (C=O) groups excluding carboxylic acids is 1. The summed E-state index contributed by atoms with van der Waals surface area (Å²) < 4.78 is 26.5. The Morgan fingerprint density at radius 1 is 1.50 bits per heavy atom. The van der Waals surface area contributed by atoms with E-state index in [-0.39, 0.29) is 16.7 Å². The second kappa shape index (κ2) is 5.80. The van der Waals surface area contributed by atoms with Gasteiger partial charge in [-0.1, -0.05) is 12.1 Å². The van der Waals surface area contributed by atoms with Crippen LogP contribution in [-0.4, -0.2) is 20.2 Å². The minimum atomic E-state index is -3.64. The summed E-state index contributed by atoms with van der Waals surface area (Å²) in [6.45, 7) is 3.08. The highest BCUT2D eigenvalue weighted by Crippen LogP contribution is 2.12. The van der Waals surface area contributed by atoms with Crippen molar-refractivity contribution in [1.29, 1.82) is 0 Å². The van der Waals surface area contributed by atoms with Crippen LogP contribution >= 0.6 is 0 Å². The number of benzene rings is 1. The highest BCUT2D eigenvalue weighted by Gasteiger charge is 2.17. The fourth-order valence-corrected chi connectivity index (χ4v) is 2.72. The van der Waals surface area contributed by atoms with Crippen LogP contribution in [0.2, 0.25) is 0 Å². The molecule has 0 aromatic heterocycles. The summed E-state index contributed by atoms with van der Waals surface area (Å²) in [7, 11) is -3.64. The monoisotopic (exact) mass is 265 g/mol. The Bertz CT molecular complexity index is 584. The number of hydrogen-bond donors (Lipinski definition) is 1. The molecule has 0 saturated carbocycles. The molecule has 0 saturated heterocycles. The molecule has 0 spiro atoms. The number of rotatable bonds is 5. The quantitative estimate of drug-likeness (QED) is 0.649. The van der Waals surface area contributed by atoms with E-state index in [1.165, 1.54) is 25.1 Å². The molecule has 1 unspecified atom stereocenters. The third-order valence-electron chi connectivity index (χ3n) is 2.33. The third-order valence-corrected chi connectivity index (χ3v) is 3.92. The average molecular weight is 265 g/mol. The molecule has 96 valence electrons. The summed E-state index contributed by atoms with van der Waals surface area (Å²) in [6, 6.07) is 5.56. The van der Waals surface area contributed by atoms with E-state index in [1.54, 1.807) is 13.0 Å². The fraction of sp³-hybridized carbons (Fsp3) is 0.308. The van der Waals surface area contributed by atoms with Crippen LogP contribution in [0.1, 0.15) is 30.6 Å². The van der Waals surface area contributed by atoms with Gasteiger partial charge in [0.25, 0.3) is 0 Å². The van der Waals surface area contributed by atoms with Crippen LogP contribution in [-0.2, 0) is 10.0 Å². The summed E-state index contributed by atoms with van der Waals surface area (Å²) >= 11 is 0. The second-order valence-electron chi connectivity index (χ2n) is 4.01. The number of nitrogens with one attached hydrogen (secondary N) is 1. The van der Waals surface area contributed by atoms with Crippen molar-refractivity contribution >= 4 is 15.8 Å². The lowest BCUT2D eigenvalue weighted by Crippen LogP contribution is -2.32. The van der Waals surface area contributed by atoms with Crippen molar-refractivity contribution in [2.24, 2.45) is 0 Å². The smallest absolute Gasteiger partial charge is 0.240 e. The molecule has 4 nitrogen and oxygen atoms in total. The molecule has 0 radical (unpaired) electrons. The van der Waals surface area contributed by atoms with Gasteiger partial charge in [0.1, 0.15) is 0 Å². The summed E-state index contributed by atoms with van der Waals surface area (Å²) in [5.74, 6) is 2.21. The lowest BCUT2D eigenvalue weighted by atomic mass is 10.2. The SMILES string of the molecule is C#CCC(C)NS(=O)(=O)c1cccc(C(C)=O)c1. The van der Waals surface area contributed by atoms with Crippen molar-refractivity contribution in [3.05, 3.63) is 29.8 Å². The highest BCUT2D eigenvalue weighted by molar-refractivity contribution is 7.89. The number of sulfonamides is 1. The Hall–Kier alpha value is -1.64. The Labute approximate surface area is 107 Å². The Kier molecular flexibility index (Phi) is 4.65. The first-order valence-electron chi connectivity index (χ1n) is 5.43. The zero-order chi connectivity index (χ0) is 13.8. The van der Waals surface area contributed by atoms with Crippen molar-refractivity contribution in [2.45, 2.75) is 31.2 Å². The van der Waals surface area contributed by atoms with E-state index in [4.69, 9.17) is 6.42 Å². The van der Waals surface area contributed by atoms with E-state index in [9.17, 15) is 13.2 Å². The van der Waals surface area contributed by atoms with Gasteiger partial charge in [0.15, 0.2) is 5.78 Å². The summed E-state index contributed by atoms with van der Waals surface area (Å²) in [5.41, 5.74) is 0.363. The molecule has 0 aliphatic heterocycles. The van der Waals surface area contributed by atoms with Gasteiger partial charge in [-0.3, -0.25) is 4.79 Å². The maximum atomic E-state index is 12.0. The molecular weight excluding hydrogens is 250 g/mol. The largest absolute Gasteiger partial charge is 0.295 e. The van der Waals surface area contributed by atoms with Crippen LogP contribution in [0.5, 0.6) is 0 Å². The van der Waals surface area contributed by atoms with Gasteiger partial charge in [-0.2, -0.15) is 0 Å². The molecule has 0 heterocycles. The van der Waals surface area contributed by atoms with E-state index < -0.39 is 10.0 Å². The second-order valence-corrected chi connectivity index (χ2v) is 5.73. The van der Waals surface area contributed by atoms with Gasteiger partial charge in [0, 0.05) is 18.0 Å². The minimum absolute atomic E-state index is 0.0686. The van der Waals surface area contributed by atoms with E-state index in [2.05, 4.69) is 10.6 Å². The molecule has 0 aliphatic carbocycles. The molecule has 1 rings (SSSR count). The topological polar surface area (TPSA) is 63.2 Å². The first kappa shape index (κ1) is 14.4. The molecule has 1 aromatic carbocycles. The summed E-state index contributed by atoms with van der Waals surface area (Å²) in [6.07, 6.45) is 5.43. The minimum Gasteiger partial charge on any atom is -0.295 e. The van der Waals surface area contributed by atoms with Crippen molar-refractivity contribution in [3.63, 3.8) is 0 Å². The van der Waals surface area contributed by atoms with E-state index >= 15 is 0 Å². The first-order valence-corrected chi connectivity index (χ1v) is 6.92. The molecule has 18 heavy (non-hydrogen) atoms. The number of hydrogen-bond acceptors (Lipinski definition) is 3. The molecule has 0 fully saturated rings. The number of carbonyl (C=O) groups is 1. The van der Waals surface area contributed by atoms with Crippen molar-refractivity contribution in [2.75, 3.05) is 0 Å². The van der Waals surface area contributed by atoms with Crippen LogP contribution in [0.15, 0.2) is 29.2 Å². The van der Waals surface area contributed by atoms with Crippen LogP contribution in [0.3, 0.4) is 0 Å². The number of Topliss-reactive ketones (excluding diaryl/α,β-unsaturated/α-hetero) is 1. The lowest BCUT2D eigenvalue weighted by molar-refractivity contribution is 0.101. The van der Waals surface area contributed by atoms with E-state index in [0.717, 1.165) is 0 Å². The zero-order valence-electron chi connectivity index (χ0n) is 10.3. The molecule has 0 amide bonds. The van der Waals surface area contributed by atoms with Crippen LogP contribution in [0.25, 0.3) is 0 Å². The van der Waals surface area contributed by atoms with Crippen LogP contribution < -0.4 is 4.72 Å². The first-order chi connectivity index (χ1) is 8.36. The molecular formula is C13H15NO3S. The average Bonchev–Trinajstić information content (AvgIpc) is 2.28. The number of terminal acetylenes is 1. The van der Waals surface area contributed by atoms with Gasteiger partial charge in [-0.15, -0.1) is 12.3 Å². The van der Waals surface area contributed by atoms with Crippen molar-refractivity contribution in [3.8, 4) is 12.3 Å². The van der Waals surface area contributed by atoms with Gasteiger partial charge in [0.05, 0.1) is 4.90 Å². The normalized spacial score (nSPS) is 12.7. The van der Waals surface area contributed by atoms with Gasteiger partial charge in [-0.05, 0) is 26.0 Å². The standard InChI is InChI=1S/C13H15NO3S/c1-4-6-10(2)14-18(16,17)13-8-5-7-12(9-13)11(3)15/h1,5,7-10,14H,6H2,2-3H3. The number of ketones is 1. The Balaban J connectivity index is 3.02. The van der Waals surface area contributed by atoms with Gasteiger partial charge >= 0.3 is 0 Å². The maximum Gasteiger partial charge on any atom is 0.240 e. The molecule has 1 aromatic rings. The highest BCUT2D eigenvalue weighted by atomic mass is 32.2. The molecule has 0 bridgehead atoms. The van der Waals surface area contributed by atoms with Gasteiger partial charge in [0.2, 0.25) is 10.0 Å². The van der Waals surface area contributed by atoms with Crippen molar-refractivity contribution < 1.29 is 13.2 Å². The zero-order valence-corrected chi connectivity index (χ0v) is 11.1. The third kappa shape index (κ3) is 3.69. The summed E-state index contributed by atoms with van der Waals surface area (Å²) in [4.78, 5) is 11.3. The van der Waals surface area contributed by atoms with Gasteiger partial charge < -0.3 is 0 Å². The molecule has 0 aliphatic rings. The predicted molar refractivity (Wildman–Crippen MR) is 69.7 cm³/mol. The van der Waals surface area contributed by atoms with Crippen LogP contribution in [0.4, 0.5) is 0 Å². The lowest BCUT2D eigenvalue weighted by Gasteiger charge is -2.12. The Morgan fingerprint density at radius 3 is 2.72 bits per heavy atom.